The van der Waals surface area contributed by atoms with E-state index in [1.807, 2.05) is 0 Å². The first-order valence-corrected chi connectivity index (χ1v) is 6.48. The van der Waals surface area contributed by atoms with Crippen molar-refractivity contribution in [1.29, 1.82) is 0 Å². The van der Waals surface area contributed by atoms with Crippen molar-refractivity contribution in [3.63, 3.8) is 0 Å². The molecule has 16 heavy (non-hydrogen) atoms. The van der Waals surface area contributed by atoms with Gasteiger partial charge < -0.3 is 0 Å². The van der Waals surface area contributed by atoms with Crippen molar-refractivity contribution in [2.45, 2.75) is 18.7 Å². The zero-order valence-electron chi connectivity index (χ0n) is 9.27. The highest BCUT2D eigenvalue weighted by Crippen LogP contribution is 2.16. The minimum absolute atomic E-state index is 0.00889. The maximum Gasteiger partial charge on any atom is 0.175 e. The summed E-state index contributed by atoms with van der Waals surface area (Å²) < 4.78 is 22.7. The molecule has 0 saturated heterocycles. The molecule has 0 amide bonds. The van der Waals surface area contributed by atoms with Crippen LogP contribution in [0.4, 0.5) is 0 Å². The molecule has 0 aliphatic rings. The van der Waals surface area contributed by atoms with Crippen LogP contribution in [0, 0.1) is 0 Å². The van der Waals surface area contributed by atoms with Crippen molar-refractivity contribution >= 4 is 21.4 Å². The van der Waals surface area contributed by atoms with E-state index in [0.29, 0.717) is 0 Å². The third kappa shape index (κ3) is 2.76. The Morgan fingerprint density at radius 1 is 0.938 bits per heavy atom. The van der Waals surface area contributed by atoms with Gasteiger partial charge in [0, 0.05) is 17.4 Å². The van der Waals surface area contributed by atoms with Crippen molar-refractivity contribution < 1.29 is 18.0 Å². The molecule has 0 aliphatic carbocycles. The fourth-order valence-corrected chi connectivity index (χ4v) is 1.90. The smallest absolute Gasteiger partial charge is 0.175 e. The molecule has 1 aromatic rings. The van der Waals surface area contributed by atoms with Crippen LogP contribution >= 0.6 is 0 Å². The van der Waals surface area contributed by atoms with E-state index in [2.05, 4.69) is 0 Å². The van der Waals surface area contributed by atoms with Gasteiger partial charge in [-0.1, -0.05) is 0 Å². The van der Waals surface area contributed by atoms with Crippen molar-refractivity contribution in [2.24, 2.45) is 0 Å². The number of rotatable bonds is 3. The predicted octanol–water partition coefficient (Wildman–Crippen LogP) is 1.50. The first kappa shape index (κ1) is 12.6. The number of benzene rings is 1. The third-order valence-electron chi connectivity index (χ3n) is 2.15. The van der Waals surface area contributed by atoms with Gasteiger partial charge in [0.2, 0.25) is 0 Å². The Morgan fingerprint density at radius 2 is 1.31 bits per heavy atom. The fourth-order valence-electron chi connectivity index (χ4n) is 1.22. The Kier molecular flexibility index (Phi) is 3.28. The fraction of sp³-hybridized carbons (Fsp3) is 0.273. The number of carbonyl (C=O) groups is 2. The molecule has 5 heteroatoms. The van der Waals surface area contributed by atoms with Crippen LogP contribution in [-0.2, 0) is 9.84 Å². The van der Waals surface area contributed by atoms with Gasteiger partial charge in [-0.3, -0.25) is 9.59 Å². The number of hydrogen-bond donors (Lipinski definition) is 0. The molecular weight excluding hydrogens is 228 g/mol. The van der Waals surface area contributed by atoms with Crippen molar-refractivity contribution in [3.05, 3.63) is 29.3 Å². The highest BCUT2D eigenvalue weighted by Gasteiger charge is 2.13. The molecule has 1 rings (SSSR count). The number of sulfone groups is 1. The number of hydrogen-bond acceptors (Lipinski definition) is 4. The second-order valence-corrected chi connectivity index (χ2v) is 5.65. The summed E-state index contributed by atoms with van der Waals surface area (Å²) in [5, 5.41) is 0. The van der Waals surface area contributed by atoms with Crippen LogP contribution in [0.1, 0.15) is 34.6 Å². The van der Waals surface area contributed by atoms with Gasteiger partial charge in [0.1, 0.15) is 0 Å². The van der Waals surface area contributed by atoms with Crippen LogP contribution in [0.15, 0.2) is 23.1 Å². The topological polar surface area (TPSA) is 68.3 Å². The highest BCUT2D eigenvalue weighted by molar-refractivity contribution is 7.90. The minimum Gasteiger partial charge on any atom is -0.295 e. The second kappa shape index (κ2) is 4.17. The van der Waals surface area contributed by atoms with E-state index < -0.39 is 9.84 Å². The Labute approximate surface area is 94.2 Å². The van der Waals surface area contributed by atoms with Crippen molar-refractivity contribution in [1.82, 2.24) is 0 Å². The molecule has 0 spiro atoms. The molecule has 0 bridgehead atoms. The number of Topliss-reactive ketones (excluding diaryl/α,β-unsaturated/α-hetero) is 2. The van der Waals surface area contributed by atoms with E-state index >= 15 is 0 Å². The van der Waals surface area contributed by atoms with Crippen LogP contribution in [0.25, 0.3) is 0 Å². The first-order valence-electron chi connectivity index (χ1n) is 4.59. The van der Waals surface area contributed by atoms with Crippen LogP contribution in [0.5, 0.6) is 0 Å². The predicted molar refractivity (Wildman–Crippen MR) is 59.6 cm³/mol. The molecule has 0 fully saturated rings. The van der Waals surface area contributed by atoms with E-state index in [0.717, 1.165) is 6.26 Å². The van der Waals surface area contributed by atoms with Gasteiger partial charge in [-0.15, -0.1) is 0 Å². The molecule has 0 N–H and O–H groups in total. The average molecular weight is 240 g/mol. The van der Waals surface area contributed by atoms with Gasteiger partial charge in [-0.2, -0.15) is 0 Å². The number of carbonyl (C=O) groups excluding carboxylic acids is 2. The highest BCUT2D eigenvalue weighted by atomic mass is 32.2. The monoisotopic (exact) mass is 240 g/mol. The van der Waals surface area contributed by atoms with Crippen LogP contribution in [0.3, 0.4) is 0 Å². The third-order valence-corrected chi connectivity index (χ3v) is 3.24. The van der Waals surface area contributed by atoms with Crippen LogP contribution in [-0.4, -0.2) is 26.2 Å². The maximum atomic E-state index is 11.4. The summed E-state index contributed by atoms with van der Waals surface area (Å²) >= 11 is 0. The van der Waals surface area contributed by atoms with Gasteiger partial charge in [0.05, 0.1) is 4.90 Å². The molecule has 1 aromatic carbocycles. The largest absolute Gasteiger partial charge is 0.295 e. The lowest BCUT2D eigenvalue weighted by atomic mass is 10.1. The molecule has 0 unspecified atom stereocenters. The first-order chi connectivity index (χ1) is 7.21. The molecule has 86 valence electrons. The summed E-state index contributed by atoms with van der Waals surface area (Å²) in [5.41, 5.74) is 0.459. The normalized spacial score (nSPS) is 11.2. The quantitative estimate of drug-likeness (QED) is 0.751. The molecule has 0 aromatic heterocycles. The van der Waals surface area contributed by atoms with E-state index in [1.54, 1.807) is 0 Å². The molecule has 0 saturated carbocycles. The summed E-state index contributed by atoms with van der Waals surface area (Å²) in [4.78, 5) is 22.4. The Balaban J connectivity index is 3.54. The van der Waals surface area contributed by atoms with Crippen LogP contribution < -0.4 is 0 Å². The lowest BCUT2D eigenvalue weighted by molar-refractivity contribution is 0.101. The summed E-state index contributed by atoms with van der Waals surface area (Å²) in [6.07, 6.45) is 1.04. The Bertz CT molecular complexity index is 523. The van der Waals surface area contributed by atoms with Crippen molar-refractivity contribution in [3.8, 4) is 0 Å². The zero-order chi connectivity index (χ0) is 12.5. The van der Waals surface area contributed by atoms with Gasteiger partial charge in [-0.05, 0) is 32.0 Å². The SMILES string of the molecule is CC(=O)c1cc(C(C)=O)cc(S(C)(=O)=O)c1. The molecule has 0 radical (unpaired) electrons. The summed E-state index contributed by atoms with van der Waals surface area (Å²) in [5.74, 6) is -0.541. The zero-order valence-corrected chi connectivity index (χ0v) is 10.1. The van der Waals surface area contributed by atoms with Gasteiger partial charge >= 0.3 is 0 Å². The number of ketones is 2. The maximum absolute atomic E-state index is 11.4. The van der Waals surface area contributed by atoms with E-state index in [4.69, 9.17) is 0 Å². The van der Waals surface area contributed by atoms with Crippen molar-refractivity contribution in [2.75, 3.05) is 6.26 Å². The summed E-state index contributed by atoms with van der Waals surface area (Å²) in [6, 6.07) is 3.97. The van der Waals surface area contributed by atoms with E-state index in [-0.39, 0.29) is 27.6 Å². The molecule has 0 atom stereocenters. The summed E-state index contributed by atoms with van der Waals surface area (Å²) in [7, 11) is -3.42. The van der Waals surface area contributed by atoms with E-state index in [1.165, 1.54) is 32.0 Å². The molecular formula is C11H12O4S. The standard InChI is InChI=1S/C11H12O4S/c1-7(12)9-4-10(8(2)13)6-11(5-9)16(3,14)15/h4-6H,1-3H3. The van der Waals surface area contributed by atoms with Gasteiger partial charge in [0.25, 0.3) is 0 Å². The molecule has 0 heterocycles. The minimum atomic E-state index is -3.42. The average Bonchev–Trinajstić information content (AvgIpc) is 2.15. The molecule has 4 nitrogen and oxygen atoms in total. The second-order valence-electron chi connectivity index (χ2n) is 3.63. The Morgan fingerprint density at radius 3 is 1.56 bits per heavy atom. The summed E-state index contributed by atoms with van der Waals surface area (Å²) in [6.45, 7) is 2.65. The van der Waals surface area contributed by atoms with E-state index in [9.17, 15) is 18.0 Å². The van der Waals surface area contributed by atoms with Gasteiger partial charge in [0.15, 0.2) is 21.4 Å². The van der Waals surface area contributed by atoms with Gasteiger partial charge in [-0.25, -0.2) is 8.42 Å². The lowest BCUT2D eigenvalue weighted by Crippen LogP contribution is -2.04. The van der Waals surface area contributed by atoms with Crippen LogP contribution in [0.2, 0.25) is 0 Å². The lowest BCUT2D eigenvalue weighted by Gasteiger charge is -2.04. The Hall–Kier alpha value is -1.49. The molecule has 0 aliphatic heterocycles.